The predicted octanol–water partition coefficient (Wildman–Crippen LogP) is 1.96. The summed E-state index contributed by atoms with van der Waals surface area (Å²) in [5.41, 5.74) is 1.40. The second-order valence-electron chi connectivity index (χ2n) is 5.94. The van der Waals surface area contributed by atoms with Crippen molar-refractivity contribution < 1.29 is 19.4 Å². The molecule has 0 aliphatic carbocycles. The molecule has 1 saturated heterocycles. The SMILES string of the molecule is CCn1cc2nc(OC)c(CNC(=O)CC3CCCO3)cc2c1O. The van der Waals surface area contributed by atoms with Crippen molar-refractivity contribution >= 4 is 16.8 Å². The normalized spacial score (nSPS) is 17.3. The van der Waals surface area contributed by atoms with Gasteiger partial charge in [0.05, 0.1) is 30.5 Å². The van der Waals surface area contributed by atoms with Crippen molar-refractivity contribution in [1.82, 2.24) is 14.9 Å². The van der Waals surface area contributed by atoms with Crippen LogP contribution in [0.5, 0.6) is 11.8 Å². The Labute approximate surface area is 140 Å². The minimum Gasteiger partial charge on any atom is -0.494 e. The average molecular weight is 333 g/mol. The van der Waals surface area contributed by atoms with Gasteiger partial charge in [-0.1, -0.05) is 0 Å². The molecule has 7 heteroatoms. The van der Waals surface area contributed by atoms with E-state index in [0.29, 0.717) is 36.3 Å². The second-order valence-corrected chi connectivity index (χ2v) is 5.94. The smallest absolute Gasteiger partial charge is 0.222 e. The molecule has 3 heterocycles. The van der Waals surface area contributed by atoms with Crippen molar-refractivity contribution in [1.29, 1.82) is 0 Å². The Hall–Kier alpha value is -2.28. The first-order valence-corrected chi connectivity index (χ1v) is 8.26. The van der Waals surface area contributed by atoms with Crippen LogP contribution >= 0.6 is 0 Å². The number of ether oxygens (including phenoxy) is 2. The van der Waals surface area contributed by atoms with E-state index in [2.05, 4.69) is 10.3 Å². The molecule has 7 nitrogen and oxygen atoms in total. The molecule has 1 aliphatic heterocycles. The van der Waals surface area contributed by atoms with Crippen molar-refractivity contribution in [2.75, 3.05) is 13.7 Å². The van der Waals surface area contributed by atoms with Gasteiger partial charge in [-0.2, -0.15) is 0 Å². The number of carbonyl (C=O) groups is 1. The van der Waals surface area contributed by atoms with Gasteiger partial charge < -0.3 is 24.5 Å². The van der Waals surface area contributed by atoms with Crippen molar-refractivity contribution in [2.45, 2.75) is 45.4 Å². The maximum absolute atomic E-state index is 12.0. The lowest BCUT2D eigenvalue weighted by Gasteiger charge is -2.11. The molecule has 1 amide bonds. The lowest BCUT2D eigenvalue weighted by atomic mass is 10.1. The van der Waals surface area contributed by atoms with Crippen LogP contribution in [0.4, 0.5) is 0 Å². The van der Waals surface area contributed by atoms with Crippen LogP contribution in [0.15, 0.2) is 12.3 Å². The van der Waals surface area contributed by atoms with Crippen LogP contribution in [-0.4, -0.2) is 40.4 Å². The van der Waals surface area contributed by atoms with E-state index < -0.39 is 0 Å². The van der Waals surface area contributed by atoms with Gasteiger partial charge in [-0.05, 0) is 25.8 Å². The summed E-state index contributed by atoms with van der Waals surface area (Å²) in [5, 5.41) is 13.8. The number of aryl methyl sites for hydroxylation is 1. The lowest BCUT2D eigenvalue weighted by Crippen LogP contribution is -2.27. The largest absolute Gasteiger partial charge is 0.494 e. The summed E-state index contributed by atoms with van der Waals surface area (Å²) in [5.74, 6) is 0.571. The quantitative estimate of drug-likeness (QED) is 0.844. The Morgan fingerprint density at radius 2 is 2.42 bits per heavy atom. The van der Waals surface area contributed by atoms with Crippen molar-refractivity contribution in [3.8, 4) is 11.8 Å². The van der Waals surface area contributed by atoms with E-state index in [0.717, 1.165) is 25.0 Å². The van der Waals surface area contributed by atoms with E-state index in [9.17, 15) is 9.90 Å². The molecule has 2 aromatic heterocycles. The predicted molar refractivity (Wildman–Crippen MR) is 89.1 cm³/mol. The summed E-state index contributed by atoms with van der Waals surface area (Å²) in [7, 11) is 1.54. The number of amides is 1. The van der Waals surface area contributed by atoms with E-state index in [1.807, 2.05) is 13.0 Å². The number of nitrogens with one attached hydrogen (secondary N) is 1. The third-order valence-corrected chi connectivity index (χ3v) is 4.33. The van der Waals surface area contributed by atoms with Gasteiger partial charge in [0, 0.05) is 31.5 Å². The Balaban J connectivity index is 1.74. The van der Waals surface area contributed by atoms with E-state index >= 15 is 0 Å². The number of hydrogen-bond acceptors (Lipinski definition) is 5. The molecular weight excluding hydrogens is 310 g/mol. The van der Waals surface area contributed by atoms with Gasteiger partial charge in [0.25, 0.3) is 0 Å². The van der Waals surface area contributed by atoms with Crippen molar-refractivity contribution in [3.63, 3.8) is 0 Å². The molecule has 1 unspecified atom stereocenters. The van der Waals surface area contributed by atoms with Gasteiger partial charge in [-0.15, -0.1) is 0 Å². The Bertz CT molecular complexity index is 735. The summed E-state index contributed by atoms with van der Waals surface area (Å²) in [6, 6.07) is 1.81. The molecule has 2 aromatic rings. The number of carbonyl (C=O) groups excluding carboxylic acids is 1. The minimum atomic E-state index is -0.0561. The van der Waals surface area contributed by atoms with Crippen LogP contribution in [-0.2, 0) is 22.6 Å². The first-order valence-electron chi connectivity index (χ1n) is 8.26. The zero-order valence-electron chi connectivity index (χ0n) is 14.0. The Morgan fingerprint density at radius 1 is 1.58 bits per heavy atom. The molecule has 1 atom stereocenters. The van der Waals surface area contributed by atoms with Crippen molar-refractivity contribution in [2.24, 2.45) is 0 Å². The third kappa shape index (κ3) is 3.31. The van der Waals surface area contributed by atoms with Gasteiger partial charge in [-0.3, -0.25) is 4.79 Å². The molecule has 130 valence electrons. The third-order valence-electron chi connectivity index (χ3n) is 4.33. The first kappa shape index (κ1) is 16.6. The van der Waals surface area contributed by atoms with Crippen LogP contribution in [0.25, 0.3) is 10.9 Å². The molecule has 0 saturated carbocycles. The van der Waals surface area contributed by atoms with Gasteiger partial charge in [0.15, 0.2) is 0 Å². The van der Waals surface area contributed by atoms with Crippen LogP contribution < -0.4 is 10.1 Å². The highest BCUT2D eigenvalue weighted by Crippen LogP contribution is 2.30. The fraction of sp³-hybridized carbons (Fsp3) is 0.529. The monoisotopic (exact) mass is 333 g/mol. The van der Waals surface area contributed by atoms with Crippen LogP contribution in [0.3, 0.4) is 0 Å². The first-order chi connectivity index (χ1) is 11.6. The van der Waals surface area contributed by atoms with Crippen LogP contribution in [0.2, 0.25) is 0 Å². The summed E-state index contributed by atoms with van der Waals surface area (Å²) in [4.78, 5) is 16.5. The van der Waals surface area contributed by atoms with Gasteiger partial charge in [0.2, 0.25) is 17.7 Å². The number of pyridine rings is 1. The fourth-order valence-electron chi connectivity index (χ4n) is 3.01. The van der Waals surface area contributed by atoms with Gasteiger partial charge >= 0.3 is 0 Å². The zero-order valence-corrected chi connectivity index (χ0v) is 14.0. The maximum atomic E-state index is 12.0. The highest BCUT2D eigenvalue weighted by Gasteiger charge is 2.20. The maximum Gasteiger partial charge on any atom is 0.222 e. The molecule has 1 aliphatic rings. The summed E-state index contributed by atoms with van der Waals surface area (Å²) >= 11 is 0. The molecule has 24 heavy (non-hydrogen) atoms. The number of hydrogen-bond donors (Lipinski definition) is 2. The van der Waals surface area contributed by atoms with Crippen molar-refractivity contribution in [3.05, 3.63) is 17.8 Å². The average Bonchev–Trinajstić information content (AvgIpc) is 3.20. The molecule has 3 rings (SSSR count). The fourth-order valence-corrected chi connectivity index (χ4v) is 3.01. The lowest BCUT2D eigenvalue weighted by molar-refractivity contribution is -0.123. The molecular formula is C17H23N3O4. The Morgan fingerprint density at radius 3 is 3.08 bits per heavy atom. The van der Waals surface area contributed by atoms with Gasteiger partial charge in [0.1, 0.15) is 0 Å². The van der Waals surface area contributed by atoms with Crippen LogP contribution in [0, 0.1) is 0 Å². The molecule has 1 fully saturated rings. The number of methoxy groups -OCH3 is 1. The highest BCUT2D eigenvalue weighted by molar-refractivity contribution is 5.86. The van der Waals surface area contributed by atoms with Crippen LogP contribution in [0.1, 0.15) is 31.7 Å². The zero-order chi connectivity index (χ0) is 17.1. The van der Waals surface area contributed by atoms with E-state index in [-0.39, 0.29) is 17.9 Å². The Kier molecular flexibility index (Phi) is 4.89. The summed E-state index contributed by atoms with van der Waals surface area (Å²) in [6.07, 6.45) is 4.13. The summed E-state index contributed by atoms with van der Waals surface area (Å²) in [6.45, 7) is 3.63. The van der Waals surface area contributed by atoms with E-state index in [1.165, 1.54) is 0 Å². The molecule has 0 bridgehead atoms. The van der Waals surface area contributed by atoms with E-state index in [4.69, 9.17) is 9.47 Å². The minimum absolute atomic E-state index is 0.0233. The number of nitrogens with zero attached hydrogens (tertiary/aromatic N) is 2. The number of fused-ring (bicyclic) bond motifs is 1. The number of aromatic hydroxyl groups is 1. The number of aromatic nitrogens is 2. The second kappa shape index (κ2) is 7.09. The molecule has 0 spiro atoms. The highest BCUT2D eigenvalue weighted by atomic mass is 16.5. The topological polar surface area (TPSA) is 85.6 Å². The van der Waals surface area contributed by atoms with E-state index in [1.54, 1.807) is 17.9 Å². The summed E-state index contributed by atoms with van der Waals surface area (Å²) < 4.78 is 12.5. The number of rotatable bonds is 6. The molecule has 0 aromatic carbocycles. The molecule has 0 radical (unpaired) electrons. The van der Waals surface area contributed by atoms with Gasteiger partial charge in [-0.25, -0.2) is 4.98 Å². The standard InChI is InChI=1S/C17H23N3O4/c1-3-20-10-14-13(17(20)22)7-11(16(19-14)23-2)9-18-15(21)8-12-5-4-6-24-12/h7,10,12,22H,3-6,8-9H2,1-2H3,(H,18,21). The molecule has 2 N–H and O–H groups in total.